The smallest absolute Gasteiger partial charge is 0.138 e. The van der Waals surface area contributed by atoms with Crippen LogP contribution in [-0.4, -0.2) is 15.0 Å². The highest BCUT2D eigenvalue weighted by atomic mass is 32.1. The van der Waals surface area contributed by atoms with E-state index in [1.807, 2.05) is 16.8 Å². The molecule has 0 atom stereocenters. The molecular formula is C22H13N3S2. The van der Waals surface area contributed by atoms with Crippen LogP contribution in [0.25, 0.3) is 53.2 Å². The third kappa shape index (κ3) is 2.47. The average Bonchev–Trinajstić information content (AvgIpc) is 3.42. The standard InChI is InChI=1S/C22H13N3S2/c1-2-4-19-13(3-1)10-20(27-19)14-5-7-16-18(9-14)25-22(24-16)15-6-8-17-21(11-15)26-12-23-17/h1-12H,(H,24,25). The number of hydrogen-bond acceptors (Lipinski definition) is 4. The monoisotopic (exact) mass is 383 g/mol. The first-order valence-corrected chi connectivity index (χ1v) is 10.4. The molecule has 5 heteroatoms. The van der Waals surface area contributed by atoms with E-state index in [1.165, 1.54) is 25.2 Å². The minimum absolute atomic E-state index is 0.897. The molecule has 0 unspecified atom stereocenters. The zero-order chi connectivity index (χ0) is 17.8. The summed E-state index contributed by atoms with van der Waals surface area (Å²) in [6, 6.07) is 23.5. The van der Waals surface area contributed by atoms with Gasteiger partial charge in [-0.1, -0.05) is 24.3 Å². The lowest BCUT2D eigenvalue weighted by molar-refractivity contribution is 1.34. The quantitative estimate of drug-likeness (QED) is 0.360. The Morgan fingerprint density at radius 3 is 2.63 bits per heavy atom. The fourth-order valence-electron chi connectivity index (χ4n) is 3.43. The fraction of sp³-hybridized carbons (Fsp3) is 0. The topological polar surface area (TPSA) is 41.6 Å². The lowest BCUT2D eigenvalue weighted by Crippen LogP contribution is -1.79. The molecule has 0 fully saturated rings. The molecule has 0 spiro atoms. The van der Waals surface area contributed by atoms with Gasteiger partial charge in [0.05, 0.1) is 26.8 Å². The molecule has 27 heavy (non-hydrogen) atoms. The number of rotatable bonds is 2. The minimum Gasteiger partial charge on any atom is -0.338 e. The van der Waals surface area contributed by atoms with Crippen LogP contribution in [0.1, 0.15) is 0 Å². The van der Waals surface area contributed by atoms with Crippen LogP contribution in [0.4, 0.5) is 0 Å². The summed E-state index contributed by atoms with van der Waals surface area (Å²) in [6.07, 6.45) is 0. The predicted molar refractivity (Wildman–Crippen MR) is 116 cm³/mol. The Morgan fingerprint density at radius 1 is 0.778 bits per heavy atom. The van der Waals surface area contributed by atoms with Crippen molar-refractivity contribution in [3.8, 4) is 21.8 Å². The third-order valence-electron chi connectivity index (χ3n) is 4.80. The lowest BCUT2D eigenvalue weighted by Gasteiger charge is -1.97. The van der Waals surface area contributed by atoms with Gasteiger partial charge in [-0.25, -0.2) is 9.97 Å². The summed E-state index contributed by atoms with van der Waals surface area (Å²) in [5.74, 6) is 0.897. The number of thiophene rings is 1. The van der Waals surface area contributed by atoms with Crippen molar-refractivity contribution >= 4 is 54.0 Å². The van der Waals surface area contributed by atoms with E-state index in [9.17, 15) is 0 Å². The highest BCUT2D eigenvalue weighted by Crippen LogP contribution is 2.35. The van der Waals surface area contributed by atoms with E-state index in [4.69, 9.17) is 4.98 Å². The zero-order valence-electron chi connectivity index (χ0n) is 14.1. The average molecular weight is 384 g/mol. The van der Waals surface area contributed by atoms with Crippen LogP contribution in [0.5, 0.6) is 0 Å². The molecule has 6 rings (SSSR count). The van der Waals surface area contributed by atoms with Crippen LogP contribution in [0.15, 0.2) is 72.2 Å². The number of hydrogen-bond donors (Lipinski definition) is 1. The fourth-order valence-corrected chi connectivity index (χ4v) is 5.20. The van der Waals surface area contributed by atoms with Crippen molar-refractivity contribution in [1.29, 1.82) is 0 Å². The minimum atomic E-state index is 0.897. The Labute approximate surface area is 163 Å². The van der Waals surface area contributed by atoms with E-state index in [2.05, 4.69) is 76.7 Å². The highest BCUT2D eigenvalue weighted by molar-refractivity contribution is 7.22. The molecule has 3 heterocycles. The Kier molecular flexibility index (Phi) is 3.21. The number of benzene rings is 3. The summed E-state index contributed by atoms with van der Waals surface area (Å²) in [5, 5.41) is 1.29. The molecule has 3 nitrogen and oxygen atoms in total. The molecule has 0 saturated heterocycles. The third-order valence-corrected chi connectivity index (χ3v) is 6.75. The summed E-state index contributed by atoms with van der Waals surface area (Å²) in [4.78, 5) is 13.9. The number of fused-ring (bicyclic) bond motifs is 3. The number of nitrogens with one attached hydrogen (secondary N) is 1. The Bertz CT molecular complexity index is 1410. The number of nitrogens with zero attached hydrogens (tertiary/aromatic N) is 2. The number of aromatic nitrogens is 3. The van der Waals surface area contributed by atoms with Crippen LogP contribution < -0.4 is 0 Å². The summed E-state index contributed by atoms with van der Waals surface area (Å²) in [7, 11) is 0. The van der Waals surface area contributed by atoms with Crippen molar-refractivity contribution in [1.82, 2.24) is 15.0 Å². The van der Waals surface area contributed by atoms with Gasteiger partial charge in [-0.15, -0.1) is 22.7 Å². The number of thiazole rings is 1. The first-order valence-electron chi connectivity index (χ1n) is 8.66. The van der Waals surface area contributed by atoms with E-state index >= 15 is 0 Å². The normalized spacial score (nSPS) is 11.7. The maximum absolute atomic E-state index is 4.78. The van der Waals surface area contributed by atoms with Gasteiger partial charge in [0.2, 0.25) is 0 Å². The maximum Gasteiger partial charge on any atom is 0.138 e. The van der Waals surface area contributed by atoms with Crippen molar-refractivity contribution in [3.63, 3.8) is 0 Å². The first kappa shape index (κ1) is 15.1. The molecule has 0 radical (unpaired) electrons. The van der Waals surface area contributed by atoms with Crippen LogP contribution >= 0.6 is 22.7 Å². The molecule has 6 aromatic rings. The van der Waals surface area contributed by atoms with Crippen LogP contribution in [-0.2, 0) is 0 Å². The summed E-state index contributed by atoms with van der Waals surface area (Å²) < 4.78 is 2.50. The van der Waals surface area contributed by atoms with Crippen LogP contribution in [0, 0.1) is 0 Å². The number of imidazole rings is 1. The molecule has 0 aliphatic rings. The van der Waals surface area contributed by atoms with Crippen LogP contribution in [0.2, 0.25) is 0 Å². The van der Waals surface area contributed by atoms with Gasteiger partial charge < -0.3 is 4.98 Å². The van der Waals surface area contributed by atoms with Crippen molar-refractivity contribution in [3.05, 3.63) is 72.2 Å². The highest BCUT2D eigenvalue weighted by Gasteiger charge is 2.10. The molecule has 128 valence electrons. The molecule has 3 aromatic heterocycles. The summed E-state index contributed by atoms with van der Waals surface area (Å²) in [5.41, 5.74) is 7.27. The van der Waals surface area contributed by atoms with Crippen molar-refractivity contribution in [2.75, 3.05) is 0 Å². The molecule has 0 bridgehead atoms. The second-order valence-electron chi connectivity index (χ2n) is 6.50. The van der Waals surface area contributed by atoms with Crippen molar-refractivity contribution < 1.29 is 0 Å². The second kappa shape index (κ2) is 5.74. The molecule has 0 amide bonds. The van der Waals surface area contributed by atoms with E-state index in [0.717, 1.165) is 27.9 Å². The van der Waals surface area contributed by atoms with E-state index < -0.39 is 0 Å². The van der Waals surface area contributed by atoms with Crippen molar-refractivity contribution in [2.24, 2.45) is 0 Å². The van der Waals surface area contributed by atoms with E-state index in [1.54, 1.807) is 11.3 Å². The number of H-pyrrole nitrogens is 1. The lowest BCUT2D eigenvalue weighted by atomic mass is 10.1. The summed E-state index contributed by atoms with van der Waals surface area (Å²) in [6.45, 7) is 0. The number of aromatic amines is 1. The van der Waals surface area contributed by atoms with Gasteiger partial charge in [-0.3, -0.25) is 0 Å². The van der Waals surface area contributed by atoms with Gasteiger partial charge in [0.25, 0.3) is 0 Å². The molecular weight excluding hydrogens is 370 g/mol. The molecule has 3 aromatic carbocycles. The Morgan fingerprint density at radius 2 is 1.67 bits per heavy atom. The summed E-state index contributed by atoms with van der Waals surface area (Å²) >= 11 is 3.48. The van der Waals surface area contributed by atoms with Gasteiger partial charge in [0.15, 0.2) is 0 Å². The largest absolute Gasteiger partial charge is 0.338 e. The molecule has 1 N–H and O–H groups in total. The van der Waals surface area contributed by atoms with Crippen LogP contribution in [0.3, 0.4) is 0 Å². The molecule has 0 saturated carbocycles. The Hall–Kier alpha value is -3.02. The van der Waals surface area contributed by atoms with Gasteiger partial charge in [-0.05, 0) is 53.4 Å². The molecule has 0 aliphatic heterocycles. The first-order chi connectivity index (χ1) is 13.3. The van der Waals surface area contributed by atoms with E-state index in [0.29, 0.717) is 0 Å². The van der Waals surface area contributed by atoms with Gasteiger partial charge in [-0.2, -0.15) is 0 Å². The SMILES string of the molecule is c1ccc2sc(-c3ccc4nc(-c5ccc6ncsc6c5)[nH]c4c3)cc2c1. The second-order valence-corrected chi connectivity index (χ2v) is 8.47. The zero-order valence-corrected chi connectivity index (χ0v) is 15.8. The molecule has 0 aliphatic carbocycles. The Balaban J connectivity index is 1.46. The van der Waals surface area contributed by atoms with Crippen molar-refractivity contribution in [2.45, 2.75) is 0 Å². The van der Waals surface area contributed by atoms with Gasteiger partial charge in [0, 0.05) is 15.1 Å². The maximum atomic E-state index is 4.78. The van der Waals surface area contributed by atoms with Gasteiger partial charge >= 0.3 is 0 Å². The van der Waals surface area contributed by atoms with E-state index in [-0.39, 0.29) is 0 Å². The van der Waals surface area contributed by atoms with Gasteiger partial charge in [0.1, 0.15) is 5.82 Å². The predicted octanol–water partition coefficient (Wildman–Crippen LogP) is 6.72.